The quantitative estimate of drug-likeness (QED) is 0.170. The van der Waals surface area contributed by atoms with Crippen LogP contribution in [0.4, 0.5) is 4.79 Å². The van der Waals surface area contributed by atoms with E-state index < -0.39 is 17.9 Å². The first-order chi connectivity index (χ1) is 21.8. The van der Waals surface area contributed by atoms with Crippen molar-refractivity contribution in [2.75, 3.05) is 31.7 Å². The van der Waals surface area contributed by atoms with Gasteiger partial charge in [-0.3, -0.25) is 4.79 Å². The molecular weight excluding hydrogens is 584 g/mol. The molecule has 1 aliphatic rings. The summed E-state index contributed by atoms with van der Waals surface area (Å²) < 4.78 is 5.91. The van der Waals surface area contributed by atoms with Crippen LogP contribution in [0.2, 0.25) is 0 Å². The highest BCUT2D eigenvalue weighted by Crippen LogP contribution is 2.29. The van der Waals surface area contributed by atoms with E-state index in [1.165, 1.54) is 19.3 Å². The molecule has 0 spiro atoms. The molecule has 2 unspecified atom stereocenters. The topological polar surface area (TPSA) is 95.9 Å². The molecule has 45 heavy (non-hydrogen) atoms. The fourth-order valence-corrected chi connectivity index (χ4v) is 6.62. The Morgan fingerprint density at radius 3 is 2.47 bits per heavy atom. The highest BCUT2D eigenvalue weighted by atomic mass is 32.2. The van der Waals surface area contributed by atoms with Gasteiger partial charge in [0.15, 0.2) is 0 Å². The molecule has 1 fully saturated rings. The van der Waals surface area contributed by atoms with Crippen molar-refractivity contribution in [3.8, 4) is 11.1 Å². The van der Waals surface area contributed by atoms with Crippen LogP contribution in [0.1, 0.15) is 99.5 Å². The smallest absolute Gasteiger partial charge is 0.409 e. The van der Waals surface area contributed by atoms with E-state index in [4.69, 9.17) is 4.74 Å². The molecule has 1 saturated carbocycles. The third kappa shape index (κ3) is 11.7. The lowest BCUT2D eigenvalue weighted by Crippen LogP contribution is -2.41. The zero-order valence-electron chi connectivity index (χ0n) is 27.8. The van der Waals surface area contributed by atoms with E-state index in [-0.39, 0.29) is 6.09 Å². The summed E-state index contributed by atoms with van der Waals surface area (Å²) in [5.74, 6) is 0.0900. The number of amides is 2. The Morgan fingerprint density at radius 2 is 1.80 bits per heavy atom. The van der Waals surface area contributed by atoms with Gasteiger partial charge in [0.25, 0.3) is 5.91 Å². The number of nitrogens with one attached hydrogen (secondary N) is 1. The van der Waals surface area contributed by atoms with Gasteiger partial charge in [0.05, 0.1) is 6.61 Å². The monoisotopic (exact) mass is 638 g/mol. The third-order valence-corrected chi connectivity index (χ3v) is 9.74. The number of ether oxygens (including phenoxy) is 1. The number of carbonyl (C=O) groups is 3. The summed E-state index contributed by atoms with van der Waals surface area (Å²) in [6.45, 7) is 8.07. The number of nitrogens with zero attached hydrogens (tertiary/aromatic N) is 1. The summed E-state index contributed by atoms with van der Waals surface area (Å²) in [5.41, 5.74) is 4.17. The van der Waals surface area contributed by atoms with Crippen LogP contribution in [-0.2, 0) is 16.0 Å². The minimum absolute atomic E-state index is 0.226. The molecule has 1 aliphatic carbocycles. The molecular formula is C37H54N2O5S. The minimum atomic E-state index is -1.04. The van der Waals surface area contributed by atoms with Crippen LogP contribution in [0.3, 0.4) is 0 Å². The Labute approximate surface area is 274 Å². The number of carbonyl (C=O) groups excluding carboxylic acids is 2. The van der Waals surface area contributed by atoms with Crippen LogP contribution in [-0.4, -0.2) is 65.7 Å². The van der Waals surface area contributed by atoms with Crippen molar-refractivity contribution < 1.29 is 24.2 Å². The molecule has 0 saturated heterocycles. The van der Waals surface area contributed by atoms with Gasteiger partial charge in [-0.1, -0.05) is 88.8 Å². The number of hydrogen-bond acceptors (Lipinski definition) is 5. The van der Waals surface area contributed by atoms with E-state index in [1.807, 2.05) is 54.5 Å². The molecule has 0 radical (unpaired) electrons. The van der Waals surface area contributed by atoms with Crippen molar-refractivity contribution in [1.29, 1.82) is 0 Å². The normalized spacial score (nSPS) is 14.8. The number of thioether (sulfide) groups is 1. The maximum atomic E-state index is 13.5. The Hall–Kier alpha value is -3.00. The molecule has 8 heteroatoms. The van der Waals surface area contributed by atoms with Crippen LogP contribution in [0.5, 0.6) is 0 Å². The Balaban J connectivity index is 1.83. The van der Waals surface area contributed by atoms with Crippen LogP contribution >= 0.6 is 11.8 Å². The predicted molar refractivity (Wildman–Crippen MR) is 185 cm³/mol. The first-order valence-corrected chi connectivity index (χ1v) is 18.3. The average molecular weight is 639 g/mol. The molecule has 248 valence electrons. The highest BCUT2D eigenvalue weighted by Gasteiger charge is 2.25. The van der Waals surface area contributed by atoms with Gasteiger partial charge in [-0.2, -0.15) is 11.8 Å². The van der Waals surface area contributed by atoms with Gasteiger partial charge in [-0.15, -0.1) is 0 Å². The first kappa shape index (κ1) is 36.5. The molecule has 2 aromatic rings. The Kier molecular flexibility index (Phi) is 15.8. The summed E-state index contributed by atoms with van der Waals surface area (Å²) >= 11 is 1.55. The van der Waals surface area contributed by atoms with Gasteiger partial charge in [0.1, 0.15) is 6.04 Å². The number of aryl methyl sites for hydroxylation is 1. The van der Waals surface area contributed by atoms with Crippen LogP contribution < -0.4 is 5.32 Å². The molecule has 7 nitrogen and oxygen atoms in total. The lowest BCUT2D eigenvalue weighted by Gasteiger charge is -2.30. The molecule has 2 N–H and O–H groups in total. The number of rotatable bonds is 18. The lowest BCUT2D eigenvalue weighted by atomic mass is 9.89. The molecule has 0 heterocycles. The number of carboxylic acids is 1. The van der Waals surface area contributed by atoms with Gasteiger partial charge in [-0.05, 0) is 91.2 Å². The van der Waals surface area contributed by atoms with Gasteiger partial charge < -0.3 is 20.1 Å². The maximum absolute atomic E-state index is 13.5. The van der Waals surface area contributed by atoms with Crippen molar-refractivity contribution in [1.82, 2.24) is 10.2 Å². The summed E-state index contributed by atoms with van der Waals surface area (Å²) in [6.07, 6.45) is 13.0. The highest BCUT2D eigenvalue weighted by molar-refractivity contribution is 7.98. The second-order valence-electron chi connectivity index (χ2n) is 12.5. The van der Waals surface area contributed by atoms with E-state index in [1.54, 1.807) is 17.8 Å². The largest absolute Gasteiger partial charge is 0.480 e. The zero-order chi connectivity index (χ0) is 32.6. The number of aliphatic carboxylic acids is 1. The van der Waals surface area contributed by atoms with Crippen LogP contribution in [0, 0.1) is 18.8 Å². The number of carboxylic acid groups (broad SMARTS) is 1. The molecule has 2 aromatic carbocycles. The molecule has 0 aliphatic heterocycles. The molecule has 2 atom stereocenters. The van der Waals surface area contributed by atoms with E-state index >= 15 is 0 Å². The van der Waals surface area contributed by atoms with Gasteiger partial charge in [0.2, 0.25) is 0 Å². The molecule has 0 bridgehead atoms. The minimum Gasteiger partial charge on any atom is -0.480 e. The Bertz CT molecular complexity index is 1230. The van der Waals surface area contributed by atoms with E-state index in [0.717, 1.165) is 60.8 Å². The molecule has 0 aromatic heterocycles. The molecule has 2 amide bonds. The number of hydrogen-bond donors (Lipinski definition) is 2. The Morgan fingerprint density at radius 1 is 1.04 bits per heavy atom. The van der Waals surface area contributed by atoms with Crippen molar-refractivity contribution in [2.24, 2.45) is 11.8 Å². The first-order valence-electron chi connectivity index (χ1n) is 16.9. The van der Waals surface area contributed by atoms with Crippen molar-refractivity contribution in [3.63, 3.8) is 0 Å². The lowest BCUT2D eigenvalue weighted by molar-refractivity contribution is -0.139. The maximum Gasteiger partial charge on any atom is 0.409 e. The fraction of sp³-hybridized carbons (Fsp3) is 0.595. The number of unbranched alkanes of at least 4 members (excludes halogenated alkanes) is 1. The SMILES string of the molecule is CCCCC(CC)COC(=O)N(CCc1ccc(C(=O)NC(CCSC)C(=O)O)c(-c2ccccc2C)c1)CC1CCCCC1. The predicted octanol–water partition coefficient (Wildman–Crippen LogP) is 8.38. The summed E-state index contributed by atoms with van der Waals surface area (Å²) in [4.78, 5) is 40.7. The van der Waals surface area contributed by atoms with Gasteiger partial charge in [0, 0.05) is 18.7 Å². The van der Waals surface area contributed by atoms with Gasteiger partial charge >= 0.3 is 12.1 Å². The van der Waals surface area contributed by atoms with Gasteiger partial charge in [-0.25, -0.2) is 9.59 Å². The van der Waals surface area contributed by atoms with Crippen molar-refractivity contribution in [2.45, 2.75) is 97.4 Å². The van der Waals surface area contributed by atoms with E-state index in [0.29, 0.717) is 55.7 Å². The van der Waals surface area contributed by atoms with E-state index in [2.05, 4.69) is 19.2 Å². The van der Waals surface area contributed by atoms with Crippen molar-refractivity contribution in [3.05, 3.63) is 59.2 Å². The van der Waals surface area contributed by atoms with Crippen LogP contribution in [0.25, 0.3) is 11.1 Å². The van der Waals surface area contributed by atoms with E-state index in [9.17, 15) is 19.5 Å². The number of benzene rings is 2. The standard InChI is InChI=1S/C37H54N2O5S/c1-5-7-14-28(6-2)26-44-37(43)39(25-30-15-9-8-10-16-30)22-20-29-18-19-32(33(24-29)31-17-12-11-13-27(31)3)35(40)38-34(36(41)42)21-23-45-4/h11-13,17-19,24,28,30,34H,5-10,14-16,20-23,25-26H2,1-4H3,(H,38,40)(H,41,42). The zero-order valence-corrected chi connectivity index (χ0v) is 28.6. The fourth-order valence-electron chi connectivity index (χ4n) is 6.15. The van der Waals surface area contributed by atoms with Crippen LogP contribution in [0.15, 0.2) is 42.5 Å². The third-order valence-electron chi connectivity index (χ3n) is 9.10. The van der Waals surface area contributed by atoms with Crippen molar-refractivity contribution >= 4 is 29.7 Å². The second-order valence-corrected chi connectivity index (χ2v) is 13.5. The summed E-state index contributed by atoms with van der Waals surface area (Å²) in [6, 6.07) is 12.7. The molecule has 3 rings (SSSR count). The average Bonchev–Trinajstić information content (AvgIpc) is 3.05. The summed E-state index contributed by atoms with van der Waals surface area (Å²) in [5, 5.41) is 12.5. The second kappa shape index (κ2) is 19.5. The summed E-state index contributed by atoms with van der Waals surface area (Å²) in [7, 11) is 0.